The van der Waals surface area contributed by atoms with Crippen LogP contribution in [0.4, 0.5) is 4.39 Å². The molecule has 0 saturated carbocycles. The summed E-state index contributed by atoms with van der Waals surface area (Å²) in [6, 6.07) is 6.84. The van der Waals surface area contributed by atoms with Crippen LogP contribution >= 0.6 is 0 Å². The highest BCUT2D eigenvalue weighted by Gasteiger charge is 2.44. The van der Waals surface area contributed by atoms with Gasteiger partial charge in [0.1, 0.15) is 11.9 Å². The van der Waals surface area contributed by atoms with Crippen molar-refractivity contribution < 1.29 is 14.0 Å². The lowest BCUT2D eigenvalue weighted by Crippen LogP contribution is -2.36. The lowest BCUT2D eigenvalue weighted by Gasteiger charge is -2.34. The van der Waals surface area contributed by atoms with Crippen LogP contribution in [0.1, 0.15) is 83.2 Å². The molecule has 1 aliphatic carbocycles. The van der Waals surface area contributed by atoms with Crippen LogP contribution in [0.25, 0.3) is 0 Å². The van der Waals surface area contributed by atoms with E-state index >= 15 is 0 Å². The second-order valence-electron chi connectivity index (χ2n) is 11.1. The van der Waals surface area contributed by atoms with Gasteiger partial charge in [-0.2, -0.15) is 10.5 Å². The topological polar surface area (TPSA) is 131 Å². The number of aromatic nitrogens is 4. The smallest absolute Gasteiger partial charge is 0.249 e. The zero-order valence-electron chi connectivity index (χ0n) is 27.1. The van der Waals surface area contributed by atoms with Crippen LogP contribution in [0.2, 0.25) is 0 Å². The Hall–Kier alpha value is -4.17. The van der Waals surface area contributed by atoms with Gasteiger partial charge in [-0.05, 0) is 99.4 Å². The van der Waals surface area contributed by atoms with Gasteiger partial charge in [-0.3, -0.25) is 9.59 Å². The van der Waals surface area contributed by atoms with Crippen molar-refractivity contribution in [3.63, 3.8) is 0 Å². The van der Waals surface area contributed by atoms with Crippen LogP contribution in [-0.4, -0.2) is 81.5 Å². The van der Waals surface area contributed by atoms with Gasteiger partial charge in [0.25, 0.3) is 0 Å². The Balaban J connectivity index is 0.000000427. The zero-order valence-corrected chi connectivity index (χ0v) is 27.1. The largest absolute Gasteiger partial charge is 0.339 e. The van der Waals surface area contributed by atoms with E-state index in [-0.39, 0.29) is 17.8 Å². The Morgan fingerprint density at radius 3 is 2.60 bits per heavy atom. The number of carbonyl (C=O) groups is 2. The van der Waals surface area contributed by atoms with E-state index in [1.165, 1.54) is 6.07 Å². The Labute approximate surface area is 266 Å². The minimum absolute atomic E-state index is 0.0685. The molecule has 242 valence electrons. The second-order valence-corrected chi connectivity index (χ2v) is 11.1. The average molecular weight is 619 g/mol. The molecule has 1 aromatic heterocycles. The lowest BCUT2D eigenvalue weighted by atomic mass is 9.68. The van der Waals surface area contributed by atoms with Crippen LogP contribution < -0.4 is 5.32 Å². The number of allylic oxidation sites excluding steroid dienone is 4. The third-order valence-corrected chi connectivity index (χ3v) is 8.55. The van der Waals surface area contributed by atoms with Crippen LogP contribution in [0, 0.1) is 17.1 Å². The van der Waals surface area contributed by atoms with Crippen LogP contribution in [0.5, 0.6) is 0 Å². The Morgan fingerprint density at radius 1 is 1.24 bits per heavy atom. The minimum atomic E-state index is -0.779. The van der Waals surface area contributed by atoms with Gasteiger partial charge in [0.2, 0.25) is 12.3 Å². The van der Waals surface area contributed by atoms with Gasteiger partial charge in [-0.15, -0.1) is 10.2 Å². The van der Waals surface area contributed by atoms with Gasteiger partial charge < -0.3 is 15.1 Å². The van der Waals surface area contributed by atoms with E-state index in [1.54, 1.807) is 11.0 Å². The molecule has 3 aliphatic rings. The number of likely N-dealkylation sites (tertiary alicyclic amines) is 2. The third kappa shape index (κ3) is 8.11. The minimum Gasteiger partial charge on any atom is -0.339 e. The molecule has 1 aromatic carbocycles. The number of hydrogen-bond donors (Lipinski definition) is 2. The number of carbonyl (C=O) groups excluding carboxylic acids is 2. The van der Waals surface area contributed by atoms with E-state index in [2.05, 4.69) is 45.5 Å². The molecule has 10 nitrogen and oxygen atoms in total. The van der Waals surface area contributed by atoms with Crippen molar-refractivity contribution in [2.75, 3.05) is 32.7 Å². The van der Waals surface area contributed by atoms with Gasteiger partial charge in [-0.25, -0.2) is 4.39 Å². The van der Waals surface area contributed by atoms with E-state index < -0.39 is 5.41 Å². The quantitative estimate of drug-likeness (QED) is 0.235. The number of benzene rings is 1. The van der Waals surface area contributed by atoms with Crippen LogP contribution in [-0.2, 0) is 21.4 Å². The van der Waals surface area contributed by atoms with Gasteiger partial charge in [0.05, 0.1) is 11.5 Å². The Kier molecular flexibility index (Phi) is 13.6. The summed E-state index contributed by atoms with van der Waals surface area (Å²) in [4.78, 5) is 26.7. The number of fused-ring (bicyclic) bond motifs is 1. The number of nitriles is 1. The summed E-state index contributed by atoms with van der Waals surface area (Å²) in [6.07, 6.45) is 10.4. The first-order valence-corrected chi connectivity index (χ1v) is 16.1. The van der Waals surface area contributed by atoms with E-state index in [0.717, 1.165) is 80.5 Å². The average Bonchev–Trinajstić information content (AvgIpc) is 3.86. The number of nitrogens with zero attached hydrogens (tertiary/aromatic N) is 6. The van der Waals surface area contributed by atoms with Gasteiger partial charge in [0, 0.05) is 25.2 Å². The molecule has 0 radical (unpaired) electrons. The first kappa shape index (κ1) is 35.3. The number of rotatable bonds is 9. The fourth-order valence-electron chi connectivity index (χ4n) is 6.43. The van der Waals surface area contributed by atoms with Crippen molar-refractivity contribution in [2.24, 2.45) is 0 Å². The van der Waals surface area contributed by atoms with Crippen molar-refractivity contribution in [3.8, 4) is 6.07 Å². The Bertz CT molecular complexity index is 1390. The molecular weight excluding hydrogens is 571 g/mol. The van der Waals surface area contributed by atoms with E-state index in [4.69, 9.17) is 5.26 Å². The zero-order chi connectivity index (χ0) is 32.8. The van der Waals surface area contributed by atoms with Crippen molar-refractivity contribution in [2.45, 2.75) is 84.1 Å². The fraction of sp³-hybridized carbons (Fsp3) is 0.529. The molecule has 2 saturated heterocycles. The molecule has 2 unspecified atom stereocenters. The number of tetrazole rings is 1. The normalized spacial score (nSPS) is 21.1. The molecule has 3 heterocycles. The van der Waals surface area contributed by atoms with Gasteiger partial charge >= 0.3 is 0 Å². The predicted octanol–water partition coefficient (Wildman–Crippen LogP) is 4.78. The number of amides is 2. The molecule has 45 heavy (non-hydrogen) atoms. The highest BCUT2D eigenvalue weighted by molar-refractivity contribution is 5.93. The molecule has 2 amide bonds. The first-order chi connectivity index (χ1) is 21.9. The highest BCUT2D eigenvalue weighted by Crippen LogP contribution is 2.47. The molecule has 5 rings (SSSR count). The van der Waals surface area contributed by atoms with Crippen molar-refractivity contribution in [1.29, 1.82) is 5.26 Å². The fourth-order valence-corrected chi connectivity index (χ4v) is 6.43. The molecular formula is C34H47FN8O2. The summed E-state index contributed by atoms with van der Waals surface area (Å²) >= 11 is 0. The maximum Gasteiger partial charge on any atom is 0.249 e. The summed E-state index contributed by atoms with van der Waals surface area (Å²) in [6.45, 7) is 16.0. The molecule has 2 atom stereocenters. The van der Waals surface area contributed by atoms with E-state index in [9.17, 15) is 14.0 Å². The van der Waals surface area contributed by atoms with Crippen molar-refractivity contribution in [3.05, 3.63) is 76.4 Å². The van der Waals surface area contributed by atoms with Crippen LogP contribution in [0.15, 0.2) is 53.6 Å². The predicted molar refractivity (Wildman–Crippen MR) is 172 cm³/mol. The number of H-pyrrole nitrogens is 1. The van der Waals surface area contributed by atoms with Crippen LogP contribution in [0.3, 0.4) is 0 Å². The molecule has 2 aromatic rings. The number of hydrogen-bond acceptors (Lipinski definition) is 7. The number of aromatic amines is 1. The number of halogens is 1. The van der Waals surface area contributed by atoms with Crippen molar-refractivity contribution in [1.82, 2.24) is 35.7 Å². The second kappa shape index (κ2) is 17.4. The standard InChI is InChI=1S/C26H33FN6O.C6H8N2O.C2H6/c1-4-22-19(16-18(3)24(34)33-14-6-7-15-33)8-9-20-17-21(27)10-11-23(20)26(22,12-13-28-5-2)25-29-31-32-30-25;7-4-6-2-1-3-8(6)5-9;1-2/h4,10-11,16-17,28H,1,5-9,12-15H2,2-3H3,(H,29,30,31,32);5-6H,1-3H2;1-2H3/b18-16+;;. The number of aryl methyl sites for hydroxylation is 1. The van der Waals surface area contributed by atoms with Gasteiger partial charge in [-0.1, -0.05) is 50.8 Å². The van der Waals surface area contributed by atoms with Crippen molar-refractivity contribution >= 4 is 12.3 Å². The highest BCUT2D eigenvalue weighted by atomic mass is 19.1. The molecule has 2 aliphatic heterocycles. The SMILES string of the molecule is C=CC1=C(/C=C(\C)C(=O)N2CCCC2)CCc2cc(F)ccc2C1(CCNCC)c1nn[nH]n1.CC.N#CC1CCCN1C=O. The summed E-state index contributed by atoms with van der Waals surface area (Å²) < 4.78 is 14.3. The summed E-state index contributed by atoms with van der Waals surface area (Å²) in [5.74, 6) is 0.315. The third-order valence-electron chi connectivity index (χ3n) is 8.55. The maximum atomic E-state index is 14.3. The van der Waals surface area contributed by atoms with E-state index in [1.807, 2.05) is 43.9 Å². The molecule has 2 fully saturated rings. The first-order valence-electron chi connectivity index (χ1n) is 16.1. The Morgan fingerprint density at radius 2 is 2.00 bits per heavy atom. The monoisotopic (exact) mass is 618 g/mol. The summed E-state index contributed by atoms with van der Waals surface area (Å²) in [7, 11) is 0. The number of nitrogens with one attached hydrogen (secondary N) is 2. The lowest BCUT2D eigenvalue weighted by molar-refractivity contribution is -0.126. The molecule has 11 heteroatoms. The molecule has 0 bridgehead atoms. The summed E-state index contributed by atoms with van der Waals surface area (Å²) in [5, 5.41) is 27.1. The maximum absolute atomic E-state index is 14.3. The molecule has 0 spiro atoms. The van der Waals surface area contributed by atoms with Gasteiger partial charge in [0.15, 0.2) is 5.82 Å². The summed E-state index contributed by atoms with van der Waals surface area (Å²) in [5.41, 5.74) is 3.72. The van der Waals surface area contributed by atoms with E-state index in [0.29, 0.717) is 37.2 Å². The molecule has 2 N–H and O–H groups in total.